The van der Waals surface area contributed by atoms with E-state index in [2.05, 4.69) is 0 Å². The maximum absolute atomic E-state index is 12.7. The van der Waals surface area contributed by atoms with Gasteiger partial charge >= 0.3 is 0 Å². The highest BCUT2D eigenvalue weighted by atomic mass is 32.2. The number of ketones is 1. The van der Waals surface area contributed by atoms with Crippen molar-refractivity contribution in [1.29, 1.82) is 0 Å². The van der Waals surface area contributed by atoms with Crippen LogP contribution in [0.15, 0.2) is 29.2 Å². The minimum absolute atomic E-state index is 0.0393. The fraction of sp³-hybridized carbons (Fsp3) is 0.533. The predicted molar refractivity (Wildman–Crippen MR) is 78.2 cm³/mol. The Kier molecular flexibility index (Phi) is 4.30. The Morgan fingerprint density at radius 1 is 1.25 bits per heavy atom. The molecule has 1 aliphatic heterocycles. The molecular formula is C15H21NO3S. The monoisotopic (exact) mass is 295 g/mol. The fourth-order valence-electron chi connectivity index (χ4n) is 2.85. The van der Waals surface area contributed by atoms with Gasteiger partial charge in [0.15, 0.2) is 5.78 Å². The van der Waals surface area contributed by atoms with Crippen molar-refractivity contribution in [3.05, 3.63) is 29.8 Å². The second kappa shape index (κ2) is 5.66. The van der Waals surface area contributed by atoms with E-state index in [1.54, 1.807) is 16.4 Å². The average Bonchev–Trinajstić information content (AvgIpc) is 2.80. The highest BCUT2D eigenvalue weighted by Gasteiger charge is 2.38. The minimum atomic E-state index is -3.47. The molecule has 1 heterocycles. The van der Waals surface area contributed by atoms with E-state index in [-0.39, 0.29) is 22.8 Å². The van der Waals surface area contributed by atoms with Gasteiger partial charge in [-0.1, -0.05) is 19.1 Å². The summed E-state index contributed by atoms with van der Waals surface area (Å²) in [5.74, 6) is -0.0603. The van der Waals surface area contributed by atoms with Crippen LogP contribution in [0.3, 0.4) is 0 Å². The molecule has 0 aliphatic carbocycles. The lowest BCUT2D eigenvalue weighted by molar-refractivity contribution is 0.101. The summed E-state index contributed by atoms with van der Waals surface area (Å²) in [5.41, 5.74) is 0.533. The van der Waals surface area contributed by atoms with Gasteiger partial charge in [-0.25, -0.2) is 8.42 Å². The van der Waals surface area contributed by atoms with Gasteiger partial charge in [0, 0.05) is 17.6 Å². The van der Waals surface area contributed by atoms with Crippen LogP contribution in [0.25, 0.3) is 0 Å². The molecule has 2 rings (SSSR count). The van der Waals surface area contributed by atoms with Crippen LogP contribution in [-0.4, -0.2) is 30.6 Å². The fourth-order valence-corrected chi connectivity index (χ4v) is 4.80. The van der Waals surface area contributed by atoms with Crippen molar-refractivity contribution in [3.63, 3.8) is 0 Å². The summed E-state index contributed by atoms with van der Waals surface area (Å²) in [6.45, 7) is 5.44. The summed E-state index contributed by atoms with van der Waals surface area (Å²) in [7, 11) is -3.47. The number of hydrogen-bond acceptors (Lipinski definition) is 3. The van der Waals surface area contributed by atoms with Crippen molar-refractivity contribution in [2.45, 2.75) is 57.0 Å². The van der Waals surface area contributed by atoms with Crippen LogP contribution in [-0.2, 0) is 10.0 Å². The van der Waals surface area contributed by atoms with E-state index in [1.165, 1.54) is 19.1 Å². The van der Waals surface area contributed by atoms with E-state index >= 15 is 0 Å². The Labute approximate surface area is 120 Å². The maximum Gasteiger partial charge on any atom is 0.243 e. The Morgan fingerprint density at radius 2 is 1.85 bits per heavy atom. The van der Waals surface area contributed by atoms with Gasteiger partial charge in [0.1, 0.15) is 0 Å². The second-order valence-electron chi connectivity index (χ2n) is 5.40. The number of rotatable bonds is 4. The van der Waals surface area contributed by atoms with Gasteiger partial charge in [-0.3, -0.25) is 4.79 Å². The summed E-state index contributed by atoms with van der Waals surface area (Å²) in [5, 5.41) is 0. The average molecular weight is 295 g/mol. The molecule has 20 heavy (non-hydrogen) atoms. The Bertz CT molecular complexity index is 592. The summed E-state index contributed by atoms with van der Waals surface area (Å²) >= 11 is 0. The SMILES string of the molecule is CCC1CCC(C)N1S(=O)(=O)c1ccc(C(C)=O)cc1. The van der Waals surface area contributed by atoms with Gasteiger partial charge in [-0.05, 0) is 45.2 Å². The van der Waals surface area contributed by atoms with E-state index in [4.69, 9.17) is 0 Å². The highest BCUT2D eigenvalue weighted by Crippen LogP contribution is 2.32. The number of hydrogen-bond donors (Lipinski definition) is 0. The van der Waals surface area contributed by atoms with E-state index < -0.39 is 10.0 Å². The summed E-state index contributed by atoms with van der Waals surface area (Å²) in [6, 6.07) is 6.35. The number of sulfonamides is 1. The number of Topliss-reactive ketones (excluding diaryl/α,β-unsaturated/α-hetero) is 1. The summed E-state index contributed by atoms with van der Waals surface area (Å²) in [6.07, 6.45) is 2.65. The van der Waals surface area contributed by atoms with Crippen molar-refractivity contribution in [1.82, 2.24) is 4.31 Å². The molecule has 1 fully saturated rings. The van der Waals surface area contributed by atoms with Gasteiger partial charge in [0.2, 0.25) is 10.0 Å². The first kappa shape index (κ1) is 15.2. The smallest absolute Gasteiger partial charge is 0.243 e. The first-order chi connectivity index (χ1) is 9.37. The van der Waals surface area contributed by atoms with Crippen LogP contribution in [0.1, 0.15) is 50.4 Å². The van der Waals surface area contributed by atoms with Crippen LogP contribution < -0.4 is 0 Å². The molecule has 5 heteroatoms. The normalized spacial score (nSPS) is 23.9. The molecule has 4 nitrogen and oxygen atoms in total. The van der Waals surface area contributed by atoms with Gasteiger partial charge in [0.25, 0.3) is 0 Å². The molecule has 2 atom stereocenters. The summed E-state index contributed by atoms with van der Waals surface area (Å²) in [4.78, 5) is 11.5. The molecule has 1 aromatic rings. The number of nitrogens with zero attached hydrogens (tertiary/aromatic N) is 1. The molecule has 0 aromatic heterocycles. The van der Waals surface area contributed by atoms with E-state index in [1.807, 2.05) is 13.8 Å². The van der Waals surface area contributed by atoms with Crippen LogP contribution in [0.5, 0.6) is 0 Å². The molecule has 1 aromatic carbocycles. The quantitative estimate of drug-likeness (QED) is 0.803. The molecule has 2 unspecified atom stereocenters. The van der Waals surface area contributed by atoms with E-state index in [0.717, 1.165) is 19.3 Å². The lowest BCUT2D eigenvalue weighted by Crippen LogP contribution is -2.39. The van der Waals surface area contributed by atoms with Crippen LogP contribution in [0.2, 0.25) is 0 Å². The van der Waals surface area contributed by atoms with Crippen molar-refractivity contribution in [3.8, 4) is 0 Å². The summed E-state index contributed by atoms with van der Waals surface area (Å²) < 4.78 is 27.1. The third kappa shape index (κ3) is 2.65. The first-order valence-corrected chi connectivity index (χ1v) is 8.46. The van der Waals surface area contributed by atoms with Crippen LogP contribution in [0, 0.1) is 0 Å². The lowest BCUT2D eigenvalue weighted by atomic mass is 10.2. The van der Waals surface area contributed by atoms with Gasteiger partial charge in [0.05, 0.1) is 4.90 Å². The number of carbonyl (C=O) groups excluding carboxylic acids is 1. The molecule has 0 spiro atoms. The third-order valence-corrected chi connectivity index (χ3v) is 6.10. The predicted octanol–water partition coefficient (Wildman–Crippen LogP) is 2.84. The molecule has 1 saturated heterocycles. The Morgan fingerprint density at radius 3 is 2.35 bits per heavy atom. The first-order valence-electron chi connectivity index (χ1n) is 7.02. The zero-order chi connectivity index (χ0) is 14.9. The molecule has 0 bridgehead atoms. The topological polar surface area (TPSA) is 54.5 Å². The van der Waals surface area contributed by atoms with Gasteiger partial charge in [-0.2, -0.15) is 4.31 Å². The number of carbonyl (C=O) groups is 1. The van der Waals surface area contributed by atoms with Crippen molar-refractivity contribution < 1.29 is 13.2 Å². The van der Waals surface area contributed by atoms with Crippen molar-refractivity contribution in [2.75, 3.05) is 0 Å². The molecule has 0 radical (unpaired) electrons. The molecule has 110 valence electrons. The molecule has 0 amide bonds. The zero-order valence-electron chi connectivity index (χ0n) is 12.2. The van der Waals surface area contributed by atoms with Crippen molar-refractivity contribution in [2.24, 2.45) is 0 Å². The highest BCUT2D eigenvalue weighted by molar-refractivity contribution is 7.89. The van der Waals surface area contributed by atoms with Gasteiger partial charge < -0.3 is 0 Å². The minimum Gasteiger partial charge on any atom is -0.295 e. The van der Waals surface area contributed by atoms with Crippen molar-refractivity contribution >= 4 is 15.8 Å². The van der Waals surface area contributed by atoms with Gasteiger partial charge in [-0.15, -0.1) is 0 Å². The number of benzene rings is 1. The maximum atomic E-state index is 12.7. The van der Waals surface area contributed by atoms with Crippen LogP contribution >= 0.6 is 0 Å². The Balaban J connectivity index is 2.36. The molecule has 1 aliphatic rings. The molecule has 0 saturated carbocycles. The third-order valence-electron chi connectivity index (χ3n) is 4.02. The van der Waals surface area contributed by atoms with E-state index in [0.29, 0.717) is 5.56 Å². The second-order valence-corrected chi connectivity index (χ2v) is 7.25. The lowest BCUT2D eigenvalue weighted by Gasteiger charge is -2.27. The Hall–Kier alpha value is -1.20. The zero-order valence-corrected chi connectivity index (χ0v) is 13.0. The van der Waals surface area contributed by atoms with E-state index in [9.17, 15) is 13.2 Å². The standard InChI is InChI=1S/C15H21NO3S/c1-4-14-8-5-11(2)16(14)20(18,19)15-9-6-13(7-10-15)12(3)17/h6-7,9-11,14H,4-5,8H2,1-3H3. The molecule has 0 N–H and O–H groups in total. The molecular weight excluding hydrogens is 274 g/mol. The largest absolute Gasteiger partial charge is 0.295 e. The van der Waals surface area contributed by atoms with Crippen LogP contribution in [0.4, 0.5) is 0 Å².